The molecule has 0 bridgehead atoms. The number of benzene rings is 2. The third kappa shape index (κ3) is 5.47. The number of carboxylic acid groups (broad SMARTS) is 1. The predicted octanol–water partition coefficient (Wildman–Crippen LogP) is 1.02. The van der Waals surface area contributed by atoms with Crippen LogP contribution in [0.25, 0.3) is 11.3 Å². The summed E-state index contributed by atoms with van der Waals surface area (Å²) in [4.78, 5) is 28.0. The van der Waals surface area contributed by atoms with Gasteiger partial charge >= 0.3 is 0 Å². The van der Waals surface area contributed by atoms with Gasteiger partial charge in [-0.25, -0.2) is 4.98 Å². The van der Waals surface area contributed by atoms with Crippen LogP contribution in [0.15, 0.2) is 66.0 Å². The molecule has 1 heterocycles. The first-order valence-electron chi connectivity index (χ1n) is 8.51. The highest BCUT2D eigenvalue weighted by Crippen LogP contribution is 2.24. The number of hydrogen-bond donors (Lipinski definition) is 2. The standard InChI is InChI=1S/C20H19N3O3S/c24-18(25)11-16(21-12-14-7-3-1-4-8-14)19(26)23-20-22-17(13-27-20)15-9-5-2-6-10-15/h1-10,13,16,21H,11-12H2,(H,24,25)(H,22,23,26)/t16-/m0/s1. The molecule has 0 aliphatic rings. The number of anilines is 1. The second-order valence-electron chi connectivity index (χ2n) is 6.00. The number of nitrogens with two attached hydrogens (primary N) is 1. The molecule has 6 nitrogen and oxygen atoms in total. The summed E-state index contributed by atoms with van der Waals surface area (Å²) in [6.07, 6.45) is -0.365. The average molecular weight is 381 g/mol. The first-order chi connectivity index (χ1) is 13.1. The third-order valence-electron chi connectivity index (χ3n) is 4.01. The van der Waals surface area contributed by atoms with Crippen molar-refractivity contribution in [3.05, 3.63) is 71.6 Å². The minimum atomic E-state index is -1.26. The molecule has 138 valence electrons. The molecule has 0 spiro atoms. The second-order valence-corrected chi connectivity index (χ2v) is 6.86. The van der Waals surface area contributed by atoms with Gasteiger partial charge in [0.25, 0.3) is 5.91 Å². The Hall–Kier alpha value is -3.03. The number of carboxylic acids is 1. The van der Waals surface area contributed by atoms with E-state index in [-0.39, 0.29) is 6.42 Å². The van der Waals surface area contributed by atoms with Gasteiger partial charge in [0, 0.05) is 28.9 Å². The highest BCUT2D eigenvalue weighted by molar-refractivity contribution is 7.14. The van der Waals surface area contributed by atoms with Crippen molar-refractivity contribution >= 4 is 28.3 Å². The number of aromatic nitrogens is 1. The molecule has 0 unspecified atom stereocenters. The molecule has 3 aromatic rings. The molecule has 0 radical (unpaired) electrons. The van der Waals surface area contributed by atoms with Gasteiger partial charge in [-0.2, -0.15) is 0 Å². The minimum Gasteiger partial charge on any atom is -0.550 e. The summed E-state index contributed by atoms with van der Waals surface area (Å²) in [5.41, 5.74) is 2.73. The largest absolute Gasteiger partial charge is 0.550 e. The Labute approximate surface area is 160 Å². The van der Waals surface area contributed by atoms with Gasteiger partial charge in [0.05, 0.1) is 5.69 Å². The lowest BCUT2D eigenvalue weighted by Crippen LogP contribution is -2.91. The van der Waals surface area contributed by atoms with Crippen LogP contribution in [-0.4, -0.2) is 22.9 Å². The van der Waals surface area contributed by atoms with Crippen molar-refractivity contribution in [1.82, 2.24) is 4.98 Å². The zero-order valence-electron chi connectivity index (χ0n) is 14.5. The van der Waals surface area contributed by atoms with E-state index in [1.54, 1.807) is 5.32 Å². The number of carbonyl (C=O) groups is 2. The molecule has 2 aromatic carbocycles. The van der Waals surface area contributed by atoms with E-state index in [9.17, 15) is 14.7 Å². The zero-order chi connectivity index (χ0) is 19.1. The summed E-state index contributed by atoms with van der Waals surface area (Å²) in [7, 11) is 0. The van der Waals surface area contributed by atoms with E-state index in [1.807, 2.05) is 66.0 Å². The summed E-state index contributed by atoms with van der Waals surface area (Å²) in [6, 6.07) is 18.4. The summed E-state index contributed by atoms with van der Waals surface area (Å²) in [5.74, 6) is -1.66. The normalized spacial score (nSPS) is 11.7. The molecular weight excluding hydrogens is 362 g/mol. The maximum atomic E-state index is 12.5. The lowest BCUT2D eigenvalue weighted by Gasteiger charge is -2.15. The van der Waals surface area contributed by atoms with Crippen molar-refractivity contribution < 1.29 is 20.0 Å². The molecule has 3 rings (SSSR count). The molecule has 0 aliphatic carbocycles. The fourth-order valence-corrected chi connectivity index (χ4v) is 3.35. The molecule has 0 saturated carbocycles. The van der Waals surface area contributed by atoms with E-state index in [1.165, 1.54) is 11.3 Å². The van der Waals surface area contributed by atoms with Crippen LogP contribution >= 0.6 is 11.3 Å². The van der Waals surface area contributed by atoms with E-state index in [0.29, 0.717) is 11.7 Å². The molecule has 1 amide bonds. The number of amides is 1. The van der Waals surface area contributed by atoms with Crippen molar-refractivity contribution in [3.63, 3.8) is 0 Å². The molecule has 3 N–H and O–H groups in total. The van der Waals surface area contributed by atoms with Crippen molar-refractivity contribution in [2.45, 2.75) is 19.0 Å². The number of carbonyl (C=O) groups excluding carboxylic acids is 2. The predicted molar refractivity (Wildman–Crippen MR) is 102 cm³/mol. The summed E-state index contributed by atoms with van der Waals surface area (Å²) in [6.45, 7) is 0.499. The number of rotatable bonds is 8. The lowest BCUT2D eigenvalue weighted by atomic mass is 10.1. The topological polar surface area (TPSA) is 98.7 Å². The van der Waals surface area contributed by atoms with Crippen LogP contribution in [0.4, 0.5) is 5.13 Å². The number of hydrogen-bond acceptors (Lipinski definition) is 5. The number of quaternary nitrogens is 1. The van der Waals surface area contributed by atoms with Crippen LogP contribution in [0.3, 0.4) is 0 Å². The van der Waals surface area contributed by atoms with Crippen LogP contribution in [0.2, 0.25) is 0 Å². The molecule has 0 saturated heterocycles. The molecule has 1 atom stereocenters. The highest BCUT2D eigenvalue weighted by atomic mass is 32.1. The first kappa shape index (κ1) is 18.8. The smallest absolute Gasteiger partial charge is 0.284 e. The van der Waals surface area contributed by atoms with Crippen LogP contribution in [-0.2, 0) is 16.1 Å². The van der Waals surface area contributed by atoms with Crippen LogP contribution < -0.4 is 15.7 Å². The van der Waals surface area contributed by atoms with E-state index in [4.69, 9.17) is 0 Å². The monoisotopic (exact) mass is 381 g/mol. The zero-order valence-corrected chi connectivity index (χ0v) is 15.3. The second kappa shape index (κ2) is 9.07. The quantitative estimate of drug-likeness (QED) is 0.609. The number of aliphatic carboxylic acids is 1. The van der Waals surface area contributed by atoms with Crippen molar-refractivity contribution in [2.75, 3.05) is 5.32 Å². The van der Waals surface area contributed by atoms with E-state index in [2.05, 4.69) is 10.3 Å². The average Bonchev–Trinajstić information content (AvgIpc) is 3.15. The summed E-state index contributed by atoms with van der Waals surface area (Å²) >= 11 is 1.30. The van der Waals surface area contributed by atoms with Crippen LogP contribution in [0.1, 0.15) is 12.0 Å². The fourth-order valence-electron chi connectivity index (χ4n) is 2.63. The SMILES string of the molecule is O=C([O-])C[C@H]([NH2+]Cc1ccccc1)C(=O)Nc1nc(-c2ccccc2)cs1. The summed E-state index contributed by atoms with van der Waals surface area (Å²) in [5, 5.41) is 17.8. The van der Waals surface area contributed by atoms with Crippen LogP contribution in [0, 0.1) is 0 Å². The van der Waals surface area contributed by atoms with Gasteiger partial charge in [-0.3, -0.25) is 10.1 Å². The van der Waals surface area contributed by atoms with Crippen molar-refractivity contribution in [3.8, 4) is 11.3 Å². The Balaban J connectivity index is 1.65. The molecule has 0 aliphatic heterocycles. The maximum Gasteiger partial charge on any atom is 0.284 e. The van der Waals surface area contributed by atoms with Gasteiger partial charge in [-0.1, -0.05) is 60.7 Å². The highest BCUT2D eigenvalue weighted by Gasteiger charge is 2.23. The van der Waals surface area contributed by atoms with Gasteiger partial charge in [0.2, 0.25) is 0 Å². The maximum absolute atomic E-state index is 12.5. The van der Waals surface area contributed by atoms with Gasteiger partial charge in [0.1, 0.15) is 6.54 Å². The van der Waals surface area contributed by atoms with Crippen molar-refractivity contribution in [2.24, 2.45) is 0 Å². The van der Waals surface area contributed by atoms with Gasteiger partial charge in [-0.15, -0.1) is 11.3 Å². The van der Waals surface area contributed by atoms with Crippen molar-refractivity contribution in [1.29, 1.82) is 0 Å². The Morgan fingerprint density at radius 1 is 1.07 bits per heavy atom. The van der Waals surface area contributed by atoms with Gasteiger partial charge in [-0.05, 0) is 0 Å². The fraction of sp³-hybridized carbons (Fsp3) is 0.150. The number of nitrogens with zero attached hydrogens (tertiary/aromatic N) is 1. The van der Waals surface area contributed by atoms with Gasteiger partial charge < -0.3 is 15.2 Å². The van der Waals surface area contributed by atoms with Gasteiger partial charge in [0.15, 0.2) is 11.2 Å². The van der Waals surface area contributed by atoms with E-state index < -0.39 is 17.9 Å². The Morgan fingerprint density at radius 2 is 1.74 bits per heavy atom. The van der Waals surface area contributed by atoms with E-state index in [0.717, 1.165) is 16.8 Å². The third-order valence-corrected chi connectivity index (χ3v) is 4.77. The minimum absolute atomic E-state index is 0.365. The molecule has 0 fully saturated rings. The molecule has 7 heteroatoms. The molecular formula is C20H19N3O3S. The molecule has 1 aromatic heterocycles. The Morgan fingerprint density at radius 3 is 2.41 bits per heavy atom. The molecule has 27 heavy (non-hydrogen) atoms. The van der Waals surface area contributed by atoms with E-state index >= 15 is 0 Å². The lowest BCUT2D eigenvalue weighted by molar-refractivity contribution is -0.691. The Bertz CT molecular complexity index is 897. The number of thiazole rings is 1. The summed E-state index contributed by atoms with van der Waals surface area (Å²) < 4.78 is 0. The Kier molecular flexibility index (Phi) is 6.30. The first-order valence-corrected chi connectivity index (χ1v) is 9.38. The van der Waals surface area contributed by atoms with Crippen LogP contribution in [0.5, 0.6) is 0 Å². The number of nitrogens with one attached hydrogen (secondary N) is 1.